The maximum absolute atomic E-state index is 14.3. The van der Waals surface area contributed by atoms with Crippen LogP contribution in [0.15, 0.2) is 47.0 Å². The summed E-state index contributed by atoms with van der Waals surface area (Å²) in [5.41, 5.74) is 2.49. The summed E-state index contributed by atoms with van der Waals surface area (Å²) in [6.07, 6.45) is 2.11. The number of fused-ring (bicyclic) bond motifs is 3. The number of hydrogen-bond acceptors (Lipinski definition) is 7. The van der Waals surface area contributed by atoms with Gasteiger partial charge >= 0.3 is 0 Å². The SMILES string of the molecule is Cc1nc(C2(C3CCOCC3)N[C@@H](c3nc(-c4ccc(F)cc4)n[nH]3)Cc3c2[nH]c2cc(F)ccc32)no1. The lowest BCUT2D eigenvalue weighted by atomic mass is 9.71. The third kappa shape index (κ3) is 3.64. The van der Waals surface area contributed by atoms with Gasteiger partial charge in [-0.15, -0.1) is 0 Å². The maximum Gasteiger partial charge on any atom is 0.223 e. The molecular weight excluding hydrogens is 492 g/mol. The number of rotatable bonds is 4. The van der Waals surface area contributed by atoms with Crippen molar-refractivity contribution < 1.29 is 18.0 Å². The lowest BCUT2D eigenvalue weighted by molar-refractivity contribution is 0.0272. The van der Waals surface area contributed by atoms with Crippen LogP contribution in [0.2, 0.25) is 0 Å². The molecule has 0 saturated carbocycles. The van der Waals surface area contributed by atoms with Gasteiger partial charge in [0.15, 0.2) is 11.6 Å². The fourth-order valence-electron chi connectivity index (χ4n) is 5.97. The molecule has 38 heavy (non-hydrogen) atoms. The molecule has 2 aliphatic heterocycles. The highest BCUT2D eigenvalue weighted by Gasteiger charge is 2.53. The Balaban J connectivity index is 1.41. The monoisotopic (exact) mass is 517 g/mol. The molecular formula is C27H25F2N7O2. The summed E-state index contributed by atoms with van der Waals surface area (Å²) < 4.78 is 38.9. The van der Waals surface area contributed by atoms with Crippen LogP contribution in [0.3, 0.4) is 0 Å². The van der Waals surface area contributed by atoms with Crippen molar-refractivity contribution in [1.29, 1.82) is 0 Å². The number of nitrogens with one attached hydrogen (secondary N) is 3. The molecule has 1 fully saturated rings. The number of aromatic nitrogens is 6. The molecule has 11 heteroatoms. The molecule has 2 atom stereocenters. The first-order valence-electron chi connectivity index (χ1n) is 12.7. The topological polar surface area (TPSA) is 118 Å². The summed E-state index contributed by atoms with van der Waals surface area (Å²) in [4.78, 5) is 13.0. The van der Waals surface area contributed by atoms with Crippen molar-refractivity contribution in [2.75, 3.05) is 13.2 Å². The molecule has 0 amide bonds. The minimum Gasteiger partial charge on any atom is -0.381 e. The zero-order chi connectivity index (χ0) is 25.9. The molecule has 194 valence electrons. The minimum absolute atomic E-state index is 0.0622. The zero-order valence-electron chi connectivity index (χ0n) is 20.6. The molecule has 5 heterocycles. The molecule has 5 aromatic rings. The molecule has 3 N–H and O–H groups in total. The van der Waals surface area contributed by atoms with E-state index in [9.17, 15) is 8.78 Å². The number of halogens is 2. The van der Waals surface area contributed by atoms with Gasteiger partial charge in [0.1, 0.15) is 23.0 Å². The van der Waals surface area contributed by atoms with Gasteiger partial charge in [-0.1, -0.05) is 5.16 Å². The van der Waals surface area contributed by atoms with Gasteiger partial charge in [-0.3, -0.25) is 10.4 Å². The Bertz CT molecular complexity index is 1620. The van der Waals surface area contributed by atoms with Crippen molar-refractivity contribution in [3.8, 4) is 11.4 Å². The Labute approximate surface area is 216 Å². The van der Waals surface area contributed by atoms with E-state index in [0.29, 0.717) is 54.1 Å². The number of H-pyrrole nitrogens is 2. The Hall–Kier alpha value is -3.96. The Morgan fingerprint density at radius 2 is 1.79 bits per heavy atom. The Morgan fingerprint density at radius 1 is 1.00 bits per heavy atom. The van der Waals surface area contributed by atoms with Crippen LogP contribution in [0.4, 0.5) is 8.78 Å². The Kier molecular flexibility index (Phi) is 5.38. The summed E-state index contributed by atoms with van der Waals surface area (Å²) in [5.74, 6) is 1.50. The number of aromatic amines is 2. The number of hydrogen-bond donors (Lipinski definition) is 3. The maximum atomic E-state index is 14.3. The van der Waals surface area contributed by atoms with E-state index in [1.165, 1.54) is 24.3 Å². The van der Waals surface area contributed by atoms with Crippen molar-refractivity contribution in [2.24, 2.45) is 5.92 Å². The van der Waals surface area contributed by atoms with Gasteiger partial charge in [0, 0.05) is 42.3 Å². The van der Waals surface area contributed by atoms with Crippen LogP contribution in [0.5, 0.6) is 0 Å². The molecule has 7 rings (SSSR count). The van der Waals surface area contributed by atoms with E-state index in [0.717, 1.165) is 29.5 Å². The van der Waals surface area contributed by atoms with Crippen molar-refractivity contribution in [2.45, 2.75) is 37.8 Å². The molecule has 0 spiro atoms. The molecule has 2 aromatic carbocycles. The molecule has 3 aromatic heterocycles. The number of ether oxygens (including phenoxy) is 1. The smallest absolute Gasteiger partial charge is 0.223 e. The zero-order valence-corrected chi connectivity index (χ0v) is 20.6. The van der Waals surface area contributed by atoms with E-state index < -0.39 is 5.54 Å². The predicted molar refractivity (Wildman–Crippen MR) is 133 cm³/mol. The lowest BCUT2D eigenvalue weighted by Crippen LogP contribution is -2.56. The highest BCUT2D eigenvalue weighted by Crippen LogP contribution is 2.48. The average molecular weight is 518 g/mol. The standard InChI is InChI=1S/C27H25F2N7O2/c1-14-30-26(36-38-14)27(16-8-10-37-11-9-16)23-20(19-7-6-18(29)12-21(19)31-23)13-22(33-27)25-32-24(34-35-25)15-2-4-17(28)5-3-15/h2-7,12,16,22,31,33H,8-11,13H2,1H3,(H,32,34,35)/t22-,27?/m1/s1. The van der Waals surface area contributed by atoms with Gasteiger partial charge in [0.2, 0.25) is 5.89 Å². The number of aryl methyl sites for hydroxylation is 1. The summed E-state index contributed by atoms with van der Waals surface area (Å²) in [6, 6.07) is 10.6. The van der Waals surface area contributed by atoms with Gasteiger partial charge in [0.25, 0.3) is 0 Å². The van der Waals surface area contributed by atoms with Gasteiger partial charge in [-0.05, 0) is 73.2 Å². The fourth-order valence-corrected chi connectivity index (χ4v) is 5.97. The second-order valence-electron chi connectivity index (χ2n) is 9.95. The van der Waals surface area contributed by atoms with Crippen molar-refractivity contribution in [1.82, 2.24) is 35.6 Å². The minimum atomic E-state index is -0.863. The van der Waals surface area contributed by atoms with E-state index in [2.05, 4.69) is 25.7 Å². The summed E-state index contributed by atoms with van der Waals surface area (Å²) in [7, 11) is 0. The summed E-state index contributed by atoms with van der Waals surface area (Å²) >= 11 is 0. The molecule has 0 bridgehead atoms. The van der Waals surface area contributed by atoms with Gasteiger partial charge in [0.05, 0.1) is 6.04 Å². The molecule has 9 nitrogen and oxygen atoms in total. The van der Waals surface area contributed by atoms with Crippen molar-refractivity contribution in [3.63, 3.8) is 0 Å². The highest BCUT2D eigenvalue weighted by molar-refractivity contribution is 5.86. The van der Waals surface area contributed by atoms with Crippen LogP contribution in [0, 0.1) is 24.5 Å². The first-order chi connectivity index (χ1) is 18.5. The Morgan fingerprint density at radius 3 is 2.55 bits per heavy atom. The van der Waals surface area contributed by atoms with E-state index >= 15 is 0 Å². The lowest BCUT2D eigenvalue weighted by Gasteiger charge is -2.45. The normalized spacial score (nSPS) is 22.1. The molecule has 1 unspecified atom stereocenters. The van der Waals surface area contributed by atoms with E-state index in [1.54, 1.807) is 19.1 Å². The summed E-state index contributed by atoms with van der Waals surface area (Å²) in [5, 5.41) is 16.7. The van der Waals surface area contributed by atoms with Crippen LogP contribution in [-0.2, 0) is 16.7 Å². The highest BCUT2D eigenvalue weighted by atomic mass is 19.1. The largest absolute Gasteiger partial charge is 0.381 e. The number of benzene rings is 2. The van der Waals surface area contributed by atoms with Gasteiger partial charge < -0.3 is 14.2 Å². The van der Waals surface area contributed by atoms with E-state index in [1.807, 2.05) is 6.07 Å². The van der Waals surface area contributed by atoms with Crippen LogP contribution >= 0.6 is 0 Å². The first-order valence-corrected chi connectivity index (χ1v) is 12.7. The third-order valence-electron chi connectivity index (χ3n) is 7.72. The van der Waals surface area contributed by atoms with Crippen LogP contribution in [0.25, 0.3) is 22.3 Å². The van der Waals surface area contributed by atoms with E-state index in [4.69, 9.17) is 19.2 Å². The molecule has 0 radical (unpaired) electrons. The first kappa shape index (κ1) is 23.2. The van der Waals surface area contributed by atoms with Crippen LogP contribution in [-0.4, -0.2) is 43.5 Å². The average Bonchev–Trinajstić information content (AvgIpc) is 3.68. The third-order valence-corrected chi connectivity index (χ3v) is 7.72. The number of nitrogens with zero attached hydrogens (tertiary/aromatic N) is 4. The van der Waals surface area contributed by atoms with Gasteiger partial charge in [-0.2, -0.15) is 10.1 Å². The van der Waals surface area contributed by atoms with Crippen LogP contribution in [0.1, 0.15) is 47.7 Å². The molecule has 0 aliphatic carbocycles. The van der Waals surface area contributed by atoms with Crippen LogP contribution < -0.4 is 5.32 Å². The second kappa shape index (κ2) is 8.81. The second-order valence-corrected chi connectivity index (χ2v) is 9.95. The molecule has 2 aliphatic rings. The van der Waals surface area contributed by atoms with Crippen molar-refractivity contribution in [3.05, 3.63) is 82.9 Å². The predicted octanol–water partition coefficient (Wildman–Crippen LogP) is 4.48. The van der Waals surface area contributed by atoms with Gasteiger partial charge in [-0.25, -0.2) is 13.8 Å². The summed E-state index contributed by atoms with van der Waals surface area (Å²) in [6.45, 7) is 2.98. The van der Waals surface area contributed by atoms with E-state index in [-0.39, 0.29) is 23.6 Å². The quantitative estimate of drug-likeness (QED) is 0.322. The fraction of sp³-hybridized carbons (Fsp3) is 0.333. The van der Waals surface area contributed by atoms with Crippen molar-refractivity contribution >= 4 is 10.9 Å². The molecule has 1 saturated heterocycles.